The van der Waals surface area contributed by atoms with E-state index in [-0.39, 0.29) is 24.3 Å². The molecule has 2 amide bonds. The van der Waals surface area contributed by atoms with Gasteiger partial charge in [0.15, 0.2) is 0 Å². The summed E-state index contributed by atoms with van der Waals surface area (Å²) >= 11 is 0. The highest BCUT2D eigenvalue weighted by Crippen LogP contribution is 2.31. The Morgan fingerprint density at radius 3 is 2.65 bits per heavy atom. The molecule has 23 heavy (non-hydrogen) atoms. The number of carbonyl (C=O) groups excluding carboxylic acids is 2. The van der Waals surface area contributed by atoms with Gasteiger partial charge in [0.25, 0.3) is 0 Å². The Labute approximate surface area is 138 Å². The van der Waals surface area contributed by atoms with E-state index in [4.69, 9.17) is 4.42 Å². The van der Waals surface area contributed by atoms with Crippen molar-refractivity contribution in [1.29, 1.82) is 0 Å². The Hall–Kier alpha value is -1.78. The molecule has 1 aliphatic rings. The normalized spacial score (nSPS) is 20.9. The van der Waals surface area contributed by atoms with E-state index in [0.29, 0.717) is 12.3 Å². The summed E-state index contributed by atoms with van der Waals surface area (Å²) < 4.78 is 5.14. The lowest BCUT2D eigenvalue weighted by Gasteiger charge is -2.27. The number of hydrogen-bond acceptors (Lipinski definition) is 3. The highest BCUT2D eigenvalue weighted by atomic mass is 16.3. The van der Waals surface area contributed by atoms with Gasteiger partial charge in [0.1, 0.15) is 5.76 Å². The molecule has 0 unspecified atom stereocenters. The molecular weight excluding hydrogens is 292 g/mol. The van der Waals surface area contributed by atoms with Crippen molar-refractivity contribution in [1.82, 2.24) is 10.6 Å². The molecule has 1 fully saturated rings. The molecule has 2 rings (SSSR count). The molecule has 128 valence electrons. The summed E-state index contributed by atoms with van der Waals surface area (Å²) in [5, 5.41) is 5.48. The third kappa shape index (κ3) is 6.08. The quantitative estimate of drug-likeness (QED) is 0.773. The van der Waals surface area contributed by atoms with Gasteiger partial charge in [0.2, 0.25) is 11.8 Å². The fraction of sp³-hybridized carbons (Fsp3) is 0.667. The molecule has 5 heteroatoms. The minimum Gasteiger partial charge on any atom is -0.467 e. The van der Waals surface area contributed by atoms with Crippen LogP contribution in [0.15, 0.2) is 22.8 Å². The first-order valence-electron chi connectivity index (χ1n) is 8.75. The van der Waals surface area contributed by atoms with E-state index in [2.05, 4.69) is 17.6 Å². The van der Waals surface area contributed by atoms with Crippen LogP contribution in [0, 0.1) is 11.8 Å². The maximum atomic E-state index is 12.1. The van der Waals surface area contributed by atoms with Crippen molar-refractivity contribution in [3.63, 3.8) is 0 Å². The van der Waals surface area contributed by atoms with Crippen molar-refractivity contribution in [3.8, 4) is 0 Å². The van der Waals surface area contributed by atoms with Gasteiger partial charge in [-0.1, -0.05) is 26.2 Å². The van der Waals surface area contributed by atoms with Crippen LogP contribution in [0.25, 0.3) is 0 Å². The van der Waals surface area contributed by atoms with Crippen molar-refractivity contribution >= 4 is 11.8 Å². The van der Waals surface area contributed by atoms with Crippen molar-refractivity contribution < 1.29 is 14.0 Å². The van der Waals surface area contributed by atoms with Crippen LogP contribution in [-0.2, 0) is 16.1 Å². The van der Waals surface area contributed by atoms with Gasteiger partial charge in [0, 0.05) is 5.92 Å². The van der Waals surface area contributed by atoms with Crippen LogP contribution in [0.2, 0.25) is 0 Å². The fourth-order valence-corrected chi connectivity index (χ4v) is 3.18. The maximum Gasteiger partial charge on any atom is 0.239 e. The van der Waals surface area contributed by atoms with Crippen LogP contribution in [0.3, 0.4) is 0 Å². The summed E-state index contributed by atoms with van der Waals surface area (Å²) in [6.45, 7) is 2.61. The molecule has 5 nitrogen and oxygen atoms in total. The van der Waals surface area contributed by atoms with Gasteiger partial charge >= 0.3 is 0 Å². The summed E-state index contributed by atoms with van der Waals surface area (Å²) in [4.78, 5) is 23.9. The number of carbonyl (C=O) groups is 2. The summed E-state index contributed by atoms with van der Waals surface area (Å²) in [6.07, 6.45) is 9.58. The third-order valence-corrected chi connectivity index (χ3v) is 4.65. The maximum absolute atomic E-state index is 12.1. The molecule has 0 spiro atoms. The lowest BCUT2D eigenvalue weighted by atomic mass is 9.79. The molecule has 1 aromatic rings. The lowest BCUT2D eigenvalue weighted by Crippen LogP contribution is -2.40. The number of furan rings is 1. The van der Waals surface area contributed by atoms with Crippen molar-refractivity contribution in [2.24, 2.45) is 11.8 Å². The molecule has 0 radical (unpaired) electrons. The average Bonchev–Trinajstić information content (AvgIpc) is 3.10. The number of nitrogens with one attached hydrogen (secondary N) is 2. The molecule has 0 atom stereocenters. The molecule has 2 N–H and O–H groups in total. The number of amides is 2. The molecule has 0 saturated heterocycles. The van der Waals surface area contributed by atoms with E-state index in [1.54, 1.807) is 18.4 Å². The smallest absolute Gasteiger partial charge is 0.239 e. The first kappa shape index (κ1) is 17.6. The third-order valence-electron chi connectivity index (χ3n) is 4.65. The first-order chi connectivity index (χ1) is 11.2. The van der Waals surface area contributed by atoms with E-state index in [1.165, 1.54) is 19.3 Å². The minimum absolute atomic E-state index is 0.0205. The predicted octanol–water partition coefficient (Wildman–Crippen LogP) is 3.01. The highest BCUT2D eigenvalue weighted by Gasteiger charge is 2.26. The van der Waals surface area contributed by atoms with Gasteiger partial charge in [-0.05, 0) is 43.7 Å². The fourth-order valence-electron chi connectivity index (χ4n) is 3.18. The van der Waals surface area contributed by atoms with Crippen LogP contribution >= 0.6 is 0 Å². The molecule has 0 bridgehead atoms. The minimum atomic E-state index is -0.189. The largest absolute Gasteiger partial charge is 0.467 e. The van der Waals surface area contributed by atoms with Crippen molar-refractivity contribution in [2.45, 2.75) is 58.4 Å². The Bertz CT molecular complexity index is 476. The van der Waals surface area contributed by atoms with Gasteiger partial charge in [0.05, 0.1) is 19.4 Å². The van der Waals surface area contributed by atoms with E-state index in [9.17, 15) is 9.59 Å². The monoisotopic (exact) mass is 320 g/mol. The topological polar surface area (TPSA) is 71.3 Å². The van der Waals surface area contributed by atoms with E-state index >= 15 is 0 Å². The van der Waals surface area contributed by atoms with Crippen LogP contribution in [0.4, 0.5) is 0 Å². The summed E-state index contributed by atoms with van der Waals surface area (Å²) in [5.74, 6) is 1.40. The van der Waals surface area contributed by atoms with Gasteiger partial charge in [-0.3, -0.25) is 9.59 Å². The summed E-state index contributed by atoms with van der Waals surface area (Å²) in [7, 11) is 0. The summed E-state index contributed by atoms with van der Waals surface area (Å²) in [5.41, 5.74) is 0. The second kappa shape index (κ2) is 9.38. The molecule has 1 aliphatic carbocycles. The van der Waals surface area contributed by atoms with Gasteiger partial charge in [-0.2, -0.15) is 0 Å². The second-order valence-electron chi connectivity index (χ2n) is 6.43. The van der Waals surface area contributed by atoms with Crippen LogP contribution in [0.1, 0.15) is 57.6 Å². The SMILES string of the molecule is CCCCC1CCC(C(=O)NCC(=O)NCc2ccco2)CC1. The zero-order valence-electron chi connectivity index (χ0n) is 14.0. The molecule has 1 aromatic heterocycles. The number of unbranched alkanes of at least 4 members (excludes halogenated alkanes) is 1. The predicted molar refractivity (Wildman–Crippen MR) is 88.5 cm³/mol. The first-order valence-corrected chi connectivity index (χ1v) is 8.75. The number of hydrogen-bond donors (Lipinski definition) is 2. The average molecular weight is 320 g/mol. The van der Waals surface area contributed by atoms with Gasteiger partial charge in [-0.25, -0.2) is 0 Å². The lowest BCUT2D eigenvalue weighted by molar-refractivity contribution is -0.129. The Morgan fingerprint density at radius 2 is 2.00 bits per heavy atom. The van der Waals surface area contributed by atoms with E-state index in [1.807, 2.05) is 0 Å². The summed E-state index contributed by atoms with van der Waals surface area (Å²) in [6, 6.07) is 3.58. The standard InChI is InChI=1S/C18H28N2O3/c1-2-3-5-14-7-9-15(10-8-14)18(22)20-13-17(21)19-12-16-6-4-11-23-16/h4,6,11,14-15H,2-3,5,7-10,12-13H2,1H3,(H,19,21)(H,20,22). The van der Waals surface area contributed by atoms with Gasteiger partial charge < -0.3 is 15.1 Å². The van der Waals surface area contributed by atoms with Gasteiger partial charge in [-0.15, -0.1) is 0 Å². The second-order valence-corrected chi connectivity index (χ2v) is 6.43. The molecule has 1 heterocycles. The molecule has 0 aliphatic heterocycles. The van der Waals surface area contributed by atoms with Crippen LogP contribution < -0.4 is 10.6 Å². The highest BCUT2D eigenvalue weighted by molar-refractivity contribution is 5.85. The molecule has 1 saturated carbocycles. The Balaban J connectivity index is 1.60. The Kier molecular flexibility index (Phi) is 7.17. The van der Waals surface area contributed by atoms with Crippen LogP contribution in [0.5, 0.6) is 0 Å². The van der Waals surface area contributed by atoms with E-state index < -0.39 is 0 Å². The van der Waals surface area contributed by atoms with E-state index in [0.717, 1.165) is 31.6 Å². The zero-order valence-corrected chi connectivity index (χ0v) is 14.0. The zero-order chi connectivity index (χ0) is 16.5. The molecular formula is C18H28N2O3. The van der Waals surface area contributed by atoms with Crippen LogP contribution in [-0.4, -0.2) is 18.4 Å². The van der Waals surface area contributed by atoms with Crippen molar-refractivity contribution in [3.05, 3.63) is 24.2 Å². The molecule has 0 aromatic carbocycles. The Morgan fingerprint density at radius 1 is 1.22 bits per heavy atom. The number of rotatable bonds is 8. The van der Waals surface area contributed by atoms with Crippen molar-refractivity contribution in [2.75, 3.05) is 6.54 Å².